The lowest BCUT2D eigenvalue weighted by Crippen LogP contribution is -2.46. The van der Waals surface area contributed by atoms with Crippen molar-refractivity contribution in [1.29, 1.82) is 5.26 Å². The van der Waals surface area contributed by atoms with Crippen LogP contribution in [0, 0.1) is 11.3 Å². The van der Waals surface area contributed by atoms with Crippen molar-refractivity contribution in [2.24, 2.45) is 0 Å². The maximum Gasteiger partial charge on any atom is 0.109 e. The van der Waals surface area contributed by atoms with Crippen LogP contribution in [0.2, 0.25) is 10.0 Å². The van der Waals surface area contributed by atoms with Crippen molar-refractivity contribution in [2.75, 3.05) is 30.8 Å². The van der Waals surface area contributed by atoms with E-state index in [1.54, 1.807) is 7.05 Å². The van der Waals surface area contributed by atoms with Gasteiger partial charge in [0.25, 0.3) is 0 Å². The fraction of sp³-hybridized carbons (Fsp3) is 0.486. The molecule has 1 saturated heterocycles. The lowest BCUT2D eigenvalue weighted by atomic mass is 9.98. The SMILES string of the molecule is C1CCCCC1.CNc1c(C#N)cnc2c(Cl)cc(N[C@@H](c3ccc(Cl)cc3)c3cn(C4CCN(C(C)(C)C)CC4)nn3)cc12. The lowest BCUT2D eigenvalue weighted by molar-refractivity contribution is 0.0866. The topological polar surface area (TPSA) is 94.7 Å². The molecule has 0 amide bonds. The second-order valence-corrected chi connectivity index (χ2v) is 13.9. The maximum absolute atomic E-state index is 9.57. The Morgan fingerprint density at radius 2 is 1.62 bits per heavy atom. The van der Waals surface area contributed by atoms with Crippen molar-refractivity contribution in [1.82, 2.24) is 24.9 Å². The molecule has 3 heterocycles. The summed E-state index contributed by atoms with van der Waals surface area (Å²) in [6, 6.07) is 13.7. The minimum Gasteiger partial charge on any atom is -0.386 e. The molecule has 1 aliphatic carbocycles. The third-order valence-electron chi connectivity index (χ3n) is 8.92. The van der Waals surface area contributed by atoms with E-state index in [-0.39, 0.29) is 11.6 Å². The summed E-state index contributed by atoms with van der Waals surface area (Å²) < 4.78 is 2.01. The number of pyridine rings is 1. The number of nitrogens with zero attached hydrogens (tertiary/aromatic N) is 6. The zero-order valence-electron chi connectivity index (χ0n) is 26.8. The molecule has 0 radical (unpaired) electrons. The van der Waals surface area contributed by atoms with E-state index in [0.29, 0.717) is 32.9 Å². The van der Waals surface area contributed by atoms with Gasteiger partial charge in [0.1, 0.15) is 11.8 Å². The number of halogens is 2. The molecule has 238 valence electrons. The predicted octanol–water partition coefficient (Wildman–Crippen LogP) is 9.02. The summed E-state index contributed by atoms with van der Waals surface area (Å²) in [6.07, 6.45) is 14.6. The van der Waals surface area contributed by atoms with E-state index in [1.807, 2.05) is 47.3 Å². The van der Waals surface area contributed by atoms with Gasteiger partial charge in [0.05, 0.1) is 40.1 Å². The van der Waals surface area contributed by atoms with Crippen LogP contribution >= 0.6 is 23.2 Å². The van der Waals surface area contributed by atoms with Crippen LogP contribution in [0.4, 0.5) is 11.4 Å². The van der Waals surface area contributed by atoms with E-state index in [0.717, 1.165) is 48.3 Å². The van der Waals surface area contributed by atoms with E-state index in [4.69, 9.17) is 23.2 Å². The molecular weight excluding hydrogens is 603 g/mol. The van der Waals surface area contributed by atoms with Crippen molar-refractivity contribution in [3.63, 3.8) is 0 Å². The van der Waals surface area contributed by atoms with Crippen LogP contribution in [0.15, 0.2) is 48.8 Å². The van der Waals surface area contributed by atoms with Crippen LogP contribution in [0.25, 0.3) is 10.9 Å². The van der Waals surface area contributed by atoms with Crippen molar-refractivity contribution in [3.8, 4) is 6.07 Å². The van der Waals surface area contributed by atoms with Crippen molar-refractivity contribution in [2.45, 2.75) is 89.8 Å². The molecule has 45 heavy (non-hydrogen) atoms. The highest BCUT2D eigenvalue weighted by Gasteiger charge is 2.29. The smallest absolute Gasteiger partial charge is 0.109 e. The molecule has 1 aliphatic heterocycles. The summed E-state index contributed by atoms with van der Waals surface area (Å²) in [6.45, 7) is 8.85. The predicted molar refractivity (Wildman–Crippen MR) is 185 cm³/mol. The average Bonchev–Trinajstić information content (AvgIpc) is 3.54. The van der Waals surface area contributed by atoms with Crippen molar-refractivity contribution in [3.05, 3.63) is 75.7 Å². The number of fused-ring (bicyclic) bond motifs is 1. The van der Waals surface area contributed by atoms with E-state index in [9.17, 15) is 5.26 Å². The molecule has 2 aromatic heterocycles. The molecule has 2 aliphatic rings. The molecule has 0 unspecified atom stereocenters. The average molecular weight is 648 g/mol. The number of nitrogens with one attached hydrogen (secondary N) is 2. The number of benzene rings is 2. The molecule has 2 aromatic carbocycles. The molecule has 10 heteroatoms. The minimum atomic E-state index is -0.302. The Kier molecular flexibility index (Phi) is 10.9. The van der Waals surface area contributed by atoms with E-state index < -0.39 is 0 Å². The molecule has 2 N–H and O–H groups in total. The summed E-state index contributed by atoms with van der Waals surface area (Å²) in [4.78, 5) is 6.94. The second kappa shape index (κ2) is 14.8. The van der Waals surface area contributed by atoms with Gasteiger partial charge >= 0.3 is 0 Å². The summed E-state index contributed by atoms with van der Waals surface area (Å²) in [7, 11) is 1.78. The lowest BCUT2D eigenvalue weighted by Gasteiger charge is -2.40. The van der Waals surface area contributed by atoms with E-state index in [2.05, 4.69) is 57.7 Å². The summed E-state index contributed by atoms with van der Waals surface area (Å²) >= 11 is 12.9. The Hall–Kier alpha value is -3.38. The van der Waals surface area contributed by atoms with Crippen molar-refractivity contribution < 1.29 is 0 Å². The Morgan fingerprint density at radius 1 is 0.978 bits per heavy atom. The van der Waals surface area contributed by atoms with Crippen LogP contribution < -0.4 is 10.6 Å². The first-order valence-electron chi connectivity index (χ1n) is 16.1. The number of likely N-dealkylation sites (tertiary alicyclic amines) is 1. The van der Waals surface area contributed by atoms with Gasteiger partial charge in [-0.1, -0.05) is 79.1 Å². The zero-order chi connectivity index (χ0) is 32.0. The molecule has 0 spiro atoms. The standard InChI is InChI=1S/C29H32Cl2N8.C6H12/c1-29(2,3)38-11-9-22(10-12-38)39-17-25(36-37-39)27(18-5-7-20(30)8-6-18)35-21-13-23-26(33-4)19(15-32)16-34-28(23)24(31)14-21;1-2-4-6-5-3-1/h5-8,13-14,16-17,22,27,35H,9-12H2,1-4H3,(H,33,34);1-6H2/t27-;/m0./s1. The van der Waals surface area contributed by atoms with Gasteiger partial charge in [0, 0.05) is 48.0 Å². The first-order valence-corrected chi connectivity index (χ1v) is 16.8. The van der Waals surface area contributed by atoms with Gasteiger partial charge < -0.3 is 10.6 Å². The molecule has 6 rings (SSSR count). The highest BCUT2D eigenvalue weighted by molar-refractivity contribution is 6.35. The summed E-state index contributed by atoms with van der Waals surface area (Å²) in [5.41, 5.74) is 4.49. The summed E-state index contributed by atoms with van der Waals surface area (Å²) in [5.74, 6) is 0. The van der Waals surface area contributed by atoms with Crippen LogP contribution in [0.3, 0.4) is 0 Å². The highest BCUT2D eigenvalue weighted by Crippen LogP contribution is 2.36. The fourth-order valence-corrected chi connectivity index (χ4v) is 6.70. The molecule has 1 atom stereocenters. The van der Waals surface area contributed by atoms with Crippen LogP contribution in [-0.4, -0.2) is 50.6 Å². The van der Waals surface area contributed by atoms with Crippen molar-refractivity contribution >= 4 is 45.5 Å². The molecular formula is C35H44Cl2N8. The maximum atomic E-state index is 9.57. The molecule has 1 saturated carbocycles. The van der Waals surface area contributed by atoms with Gasteiger partial charge in [-0.2, -0.15) is 5.26 Å². The van der Waals surface area contributed by atoms with Crippen LogP contribution in [0.1, 0.15) is 101 Å². The van der Waals surface area contributed by atoms with Gasteiger partial charge in [0.2, 0.25) is 0 Å². The number of piperidine rings is 1. The van der Waals surface area contributed by atoms with Crippen LogP contribution in [-0.2, 0) is 0 Å². The number of hydrogen-bond donors (Lipinski definition) is 2. The highest BCUT2D eigenvalue weighted by atomic mass is 35.5. The first kappa shape index (κ1) is 33.0. The van der Waals surface area contributed by atoms with E-state index in [1.165, 1.54) is 44.7 Å². The normalized spacial score (nSPS) is 16.8. The van der Waals surface area contributed by atoms with Gasteiger partial charge in [-0.3, -0.25) is 9.88 Å². The number of aromatic nitrogens is 4. The third kappa shape index (κ3) is 8.07. The zero-order valence-corrected chi connectivity index (χ0v) is 28.3. The monoisotopic (exact) mass is 646 g/mol. The van der Waals surface area contributed by atoms with Gasteiger partial charge in [-0.25, -0.2) is 4.68 Å². The number of rotatable bonds is 6. The van der Waals surface area contributed by atoms with Crippen LogP contribution in [0.5, 0.6) is 0 Å². The number of hydrogen-bond acceptors (Lipinski definition) is 7. The largest absolute Gasteiger partial charge is 0.386 e. The number of nitriles is 1. The third-order valence-corrected chi connectivity index (χ3v) is 9.46. The van der Waals surface area contributed by atoms with Gasteiger partial charge in [0.15, 0.2) is 0 Å². The van der Waals surface area contributed by atoms with Gasteiger partial charge in [-0.15, -0.1) is 5.10 Å². The Morgan fingerprint density at radius 3 is 2.20 bits per heavy atom. The Balaban J connectivity index is 0.000000598. The Labute approximate surface area is 277 Å². The minimum absolute atomic E-state index is 0.167. The van der Waals surface area contributed by atoms with E-state index >= 15 is 0 Å². The fourth-order valence-electron chi connectivity index (χ4n) is 6.31. The molecule has 2 fully saturated rings. The Bertz CT molecular complexity index is 1600. The summed E-state index contributed by atoms with van der Waals surface area (Å²) in [5, 5.41) is 27.4. The quantitative estimate of drug-likeness (QED) is 0.216. The molecule has 4 aromatic rings. The molecule has 8 nitrogen and oxygen atoms in total. The second-order valence-electron chi connectivity index (χ2n) is 13.0. The molecule has 0 bridgehead atoms. The van der Waals surface area contributed by atoms with Gasteiger partial charge in [-0.05, 0) is 63.4 Å². The first-order chi connectivity index (χ1) is 21.7. The number of anilines is 2.